The van der Waals surface area contributed by atoms with E-state index >= 15 is 0 Å². The highest BCUT2D eigenvalue weighted by atomic mass is 16.4. The molecule has 2 amide bonds. The van der Waals surface area contributed by atoms with Crippen molar-refractivity contribution in [1.29, 1.82) is 0 Å². The van der Waals surface area contributed by atoms with Crippen LogP contribution in [0.1, 0.15) is 40.0 Å². The first-order valence-electron chi connectivity index (χ1n) is 6.00. The van der Waals surface area contributed by atoms with Gasteiger partial charge in [0.15, 0.2) is 0 Å². The van der Waals surface area contributed by atoms with Crippen LogP contribution >= 0.6 is 0 Å². The van der Waals surface area contributed by atoms with Gasteiger partial charge in [-0.25, -0.2) is 0 Å². The molecule has 104 valence electrons. The van der Waals surface area contributed by atoms with Gasteiger partial charge in [0.1, 0.15) is 0 Å². The molecule has 3 N–H and O–H groups in total. The molecule has 0 heterocycles. The van der Waals surface area contributed by atoms with E-state index < -0.39 is 11.4 Å². The fourth-order valence-corrected chi connectivity index (χ4v) is 1.11. The Morgan fingerprint density at radius 2 is 1.61 bits per heavy atom. The Labute approximate surface area is 107 Å². The van der Waals surface area contributed by atoms with Gasteiger partial charge in [-0.15, -0.1) is 0 Å². The van der Waals surface area contributed by atoms with Gasteiger partial charge in [0.05, 0.1) is 0 Å². The number of carboxylic acid groups (broad SMARTS) is 1. The lowest BCUT2D eigenvalue weighted by molar-refractivity contribution is -0.137. The van der Waals surface area contributed by atoms with Crippen molar-refractivity contribution in [2.45, 2.75) is 40.0 Å². The maximum absolute atomic E-state index is 11.5. The van der Waals surface area contributed by atoms with E-state index in [0.29, 0.717) is 19.5 Å². The van der Waals surface area contributed by atoms with Crippen molar-refractivity contribution in [3.63, 3.8) is 0 Å². The largest absolute Gasteiger partial charge is 0.481 e. The zero-order valence-electron chi connectivity index (χ0n) is 11.2. The van der Waals surface area contributed by atoms with E-state index in [1.165, 1.54) is 0 Å². The van der Waals surface area contributed by atoms with Crippen LogP contribution < -0.4 is 10.6 Å². The van der Waals surface area contributed by atoms with Crippen LogP contribution in [0, 0.1) is 5.41 Å². The fraction of sp³-hybridized carbons (Fsp3) is 0.750. The minimum absolute atomic E-state index is 0.0427. The van der Waals surface area contributed by atoms with Crippen LogP contribution in [0.2, 0.25) is 0 Å². The van der Waals surface area contributed by atoms with Crippen molar-refractivity contribution >= 4 is 17.8 Å². The lowest BCUT2D eigenvalue weighted by atomic mass is 9.96. The van der Waals surface area contributed by atoms with Crippen LogP contribution in [-0.4, -0.2) is 36.0 Å². The molecule has 0 aliphatic heterocycles. The molecule has 0 saturated carbocycles. The van der Waals surface area contributed by atoms with Gasteiger partial charge in [-0.2, -0.15) is 0 Å². The number of rotatable bonds is 7. The summed E-state index contributed by atoms with van der Waals surface area (Å²) in [6.45, 7) is 6.04. The number of aliphatic carboxylic acids is 1. The predicted molar refractivity (Wildman–Crippen MR) is 67.0 cm³/mol. The minimum atomic E-state index is -0.873. The molecule has 0 spiro atoms. The van der Waals surface area contributed by atoms with Gasteiger partial charge < -0.3 is 15.7 Å². The van der Waals surface area contributed by atoms with Gasteiger partial charge in [-0.3, -0.25) is 14.4 Å². The Morgan fingerprint density at radius 1 is 1.00 bits per heavy atom. The first-order valence-corrected chi connectivity index (χ1v) is 6.00. The zero-order chi connectivity index (χ0) is 14.2. The Bertz CT molecular complexity index is 308. The van der Waals surface area contributed by atoms with Gasteiger partial charge >= 0.3 is 5.97 Å². The topological polar surface area (TPSA) is 95.5 Å². The van der Waals surface area contributed by atoms with E-state index in [9.17, 15) is 14.4 Å². The molecule has 6 nitrogen and oxygen atoms in total. The van der Waals surface area contributed by atoms with Crippen LogP contribution in [0.5, 0.6) is 0 Å². The summed E-state index contributed by atoms with van der Waals surface area (Å²) in [5.41, 5.74) is -0.460. The van der Waals surface area contributed by atoms with Crippen LogP contribution in [-0.2, 0) is 14.4 Å². The quantitative estimate of drug-likeness (QED) is 0.580. The summed E-state index contributed by atoms with van der Waals surface area (Å²) in [5, 5.41) is 13.7. The van der Waals surface area contributed by atoms with Gasteiger partial charge in [-0.05, 0) is 6.42 Å². The van der Waals surface area contributed by atoms with E-state index in [0.717, 1.165) is 0 Å². The van der Waals surface area contributed by atoms with Crippen molar-refractivity contribution in [2.24, 2.45) is 5.41 Å². The van der Waals surface area contributed by atoms with Gasteiger partial charge in [0.2, 0.25) is 11.8 Å². The second kappa shape index (κ2) is 7.68. The smallest absolute Gasteiger partial charge is 0.303 e. The van der Waals surface area contributed by atoms with Crippen molar-refractivity contribution in [3.05, 3.63) is 0 Å². The molecular formula is C12H22N2O4. The molecule has 0 aromatic carbocycles. The molecule has 0 fully saturated rings. The number of carbonyl (C=O) groups excluding carboxylic acids is 2. The maximum Gasteiger partial charge on any atom is 0.303 e. The summed E-state index contributed by atoms with van der Waals surface area (Å²) < 4.78 is 0. The second-order valence-corrected chi connectivity index (χ2v) is 5.10. The van der Waals surface area contributed by atoms with Gasteiger partial charge in [0.25, 0.3) is 0 Å². The molecule has 0 unspecified atom stereocenters. The van der Waals surface area contributed by atoms with Crippen molar-refractivity contribution in [2.75, 3.05) is 13.1 Å². The van der Waals surface area contributed by atoms with Crippen LogP contribution in [0.3, 0.4) is 0 Å². The predicted octanol–water partition coefficient (Wildman–Crippen LogP) is 0.520. The third-order valence-electron chi connectivity index (χ3n) is 2.21. The second-order valence-electron chi connectivity index (χ2n) is 5.10. The molecule has 0 aliphatic rings. The molecule has 0 bridgehead atoms. The molecular weight excluding hydrogens is 236 g/mol. The molecule has 0 rings (SSSR count). The summed E-state index contributed by atoms with van der Waals surface area (Å²) in [6, 6.07) is 0. The lowest BCUT2D eigenvalue weighted by Gasteiger charge is -2.17. The number of hydrogen-bond acceptors (Lipinski definition) is 3. The molecule has 0 aromatic rings. The van der Waals surface area contributed by atoms with E-state index in [-0.39, 0.29) is 24.7 Å². The highest BCUT2D eigenvalue weighted by Gasteiger charge is 2.20. The maximum atomic E-state index is 11.5. The monoisotopic (exact) mass is 258 g/mol. The SMILES string of the molecule is CC(C)(C)C(=O)NCCC(=O)NCCCC(=O)O. The molecule has 0 aromatic heterocycles. The van der Waals surface area contributed by atoms with Crippen LogP contribution in [0.4, 0.5) is 0 Å². The highest BCUT2D eigenvalue weighted by Crippen LogP contribution is 2.11. The van der Waals surface area contributed by atoms with E-state index in [2.05, 4.69) is 10.6 Å². The summed E-state index contributed by atoms with van der Waals surface area (Å²) in [5.74, 6) is -1.16. The van der Waals surface area contributed by atoms with E-state index in [1.807, 2.05) is 0 Å². The Hall–Kier alpha value is -1.59. The lowest BCUT2D eigenvalue weighted by Crippen LogP contribution is -2.37. The first-order chi connectivity index (χ1) is 8.23. The standard InChI is InChI=1S/C12H22N2O4/c1-12(2,3)11(18)14-8-6-9(15)13-7-4-5-10(16)17/h4-8H2,1-3H3,(H,13,15)(H,14,18)(H,16,17). The zero-order valence-corrected chi connectivity index (χ0v) is 11.2. The molecule has 0 radical (unpaired) electrons. The molecule has 0 atom stereocenters. The minimum Gasteiger partial charge on any atom is -0.481 e. The van der Waals surface area contributed by atoms with Crippen LogP contribution in [0.15, 0.2) is 0 Å². The van der Waals surface area contributed by atoms with Crippen molar-refractivity contribution in [1.82, 2.24) is 10.6 Å². The molecule has 18 heavy (non-hydrogen) atoms. The Kier molecular flexibility index (Phi) is 7.00. The van der Waals surface area contributed by atoms with Gasteiger partial charge in [0, 0.05) is 31.3 Å². The third kappa shape index (κ3) is 8.55. The van der Waals surface area contributed by atoms with Crippen LogP contribution in [0.25, 0.3) is 0 Å². The number of nitrogens with one attached hydrogen (secondary N) is 2. The normalized spacial score (nSPS) is 10.8. The van der Waals surface area contributed by atoms with Gasteiger partial charge in [-0.1, -0.05) is 20.8 Å². The summed E-state index contributed by atoms with van der Waals surface area (Å²) >= 11 is 0. The average molecular weight is 258 g/mol. The number of carboxylic acids is 1. The van der Waals surface area contributed by atoms with E-state index in [4.69, 9.17) is 5.11 Å². The Balaban J connectivity index is 3.60. The number of carbonyl (C=O) groups is 3. The molecule has 6 heteroatoms. The first kappa shape index (κ1) is 16.4. The number of amides is 2. The summed E-state index contributed by atoms with van der Waals surface area (Å²) in [4.78, 5) is 33.0. The molecule has 0 saturated heterocycles. The third-order valence-corrected chi connectivity index (χ3v) is 2.21. The summed E-state index contributed by atoms with van der Waals surface area (Å²) in [7, 11) is 0. The van der Waals surface area contributed by atoms with Crippen molar-refractivity contribution in [3.8, 4) is 0 Å². The number of hydrogen-bond donors (Lipinski definition) is 3. The Morgan fingerprint density at radius 3 is 2.11 bits per heavy atom. The van der Waals surface area contributed by atoms with Crippen molar-refractivity contribution < 1.29 is 19.5 Å². The van der Waals surface area contributed by atoms with E-state index in [1.54, 1.807) is 20.8 Å². The average Bonchev–Trinajstić information content (AvgIpc) is 2.22. The highest BCUT2D eigenvalue weighted by molar-refractivity contribution is 5.82. The fourth-order valence-electron chi connectivity index (χ4n) is 1.11. The summed E-state index contributed by atoms with van der Waals surface area (Å²) in [6.07, 6.45) is 0.658. The molecule has 0 aliphatic carbocycles.